The van der Waals surface area contributed by atoms with Crippen LogP contribution in [0.15, 0.2) is 30.3 Å². The number of carbonyl (C=O) groups is 1. The average Bonchev–Trinajstić information content (AvgIpc) is 2.15. The van der Waals surface area contributed by atoms with Gasteiger partial charge < -0.3 is 5.32 Å². The molecule has 6 heteroatoms. The topological polar surface area (TPSA) is 41.1 Å². The van der Waals surface area contributed by atoms with Gasteiger partial charge in [-0.15, -0.1) is 0 Å². The quantitative estimate of drug-likeness (QED) is 0.758. The maximum Gasteiger partial charge on any atom is 0.457 e. The predicted octanol–water partition coefficient (Wildman–Crippen LogP) is 1.73. The average molecular weight is 218 g/mol. The number of halogens is 3. The van der Waals surface area contributed by atoms with Gasteiger partial charge in [-0.05, 0) is 12.1 Å². The molecule has 0 bridgehead atoms. The minimum Gasteiger partial charge on any atom is -0.325 e. The van der Waals surface area contributed by atoms with Gasteiger partial charge in [-0.3, -0.25) is 4.79 Å². The minimum absolute atomic E-state index is 0.464. The summed E-state index contributed by atoms with van der Waals surface area (Å²) in [4.78, 5) is 11.0. The number of nitrogens with one attached hydrogen (secondary N) is 2. The van der Waals surface area contributed by atoms with E-state index in [1.807, 2.05) is 0 Å². The Hall–Kier alpha value is -1.56. The number of amides is 1. The smallest absolute Gasteiger partial charge is 0.325 e. The highest BCUT2D eigenvalue weighted by molar-refractivity contribution is 5.92. The van der Waals surface area contributed by atoms with Crippen LogP contribution in [0.4, 0.5) is 18.9 Å². The standard InChI is InChI=1S/C9H9F3N2O/c10-9(11,12)13-6-8(15)14-7-4-2-1-3-5-7/h1-5,13H,6H2,(H,14,15). The van der Waals surface area contributed by atoms with Crippen LogP contribution in [0.3, 0.4) is 0 Å². The largest absolute Gasteiger partial charge is 0.457 e. The first-order chi connectivity index (χ1) is 6.97. The van der Waals surface area contributed by atoms with Gasteiger partial charge in [-0.2, -0.15) is 13.2 Å². The van der Waals surface area contributed by atoms with Crippen LogP contribution in [0.2, 0.25) is 0 Å². The van der Waals surface area contributed by atoms with E-state index in [1.54, 1.807) is 30.3 Å². The number of rotatable bonds is 3. The SMILES string of the molecule is O=C(CNC(F)(F)F)Nc1ccccc1. The molecule has 1 amide bonds. The third kappa shape index (κ3) is 5.02. The zero-order valence-electron chi connectivity index (χ0n) is 7.64. The zero-order chi connectivity index (χ0) is 11.3. The van der Waals surface area contributed by atoms with Crippen molar-refractivity contribution >= 4 is 11.6 Å². The summed E-state index contributed by atoms with van der Waals surface area (Å²) in [7, 11) is 0. The lowest BCUT2D eigenvalue weighted by molar-refractivity contribution is -0.159. The van der Waals surface area contributed by atoms with Gasteiger partial charge in [0.05, 0.1) is 6.54 Å². The third-order valence-electron chi connectivity index (χ3n) is 1.51. The van der Waals surface area contributed by atoms with E-state index in [0.717, 1.165) is 5.32 Å². The fourth-order valence-corrected chi connectivity index (χ4v) is 0.907. The lowest BCUT2D eigenvalue weighted by atomic mass is 10.3. The van der Waals surface area contributed by atoms with E-state index < -0.39 is 18.8 Å². The molecule has 2 N–H and O–H groups in total. The van der Waals surface area contributed by atoms with E-state index in [2.05, 4.69) is 5.32 Å². The van der Waals surface area contributed by atoms with Crippen molar-refractivity contribution in [3.05, 3.63) is 30.3 Å². The first-order valence-electron chi connectivity index (χ1n) is 4.14. The van der Waals surface area contributed by atoms with Crippen LogP contribution >= 0.6 is 0 Å². The van der Waals surface area contributed by atoms with E-state index in [-0.39, 0.29) is 0 Å². The molecule has 82 valence electrons. The summed E-state index contributed by atoms with van der Waals surface area (Å²) in [5.41, 5.74) is 0.464. The van der Waals surface area contributed by atoms with E-state index in [4.69, 9.17) is 0 Å². The number of benzene rings is 1. The molecule has 0 fully saturated rings. The highest BCUT2D eigenvalue weighted by Crippen LogP contribution is 2.09. The van der Waals surface area contributed by atoms with Crippen LogP contribution < -0.4 is 10.6 Å². The Kier molecular flexibility index (Phi) is 3.68. The molecule has 0 saturated carbocycles. The maximum atomic E-state index is 11.7. The number of para-hydroxylation sites is 1. The van der Waals surface area contributed by atoms with Crippen molar-refractivity contribution in [1.82, 2.24) is 5.32 Å². The molecule has 0 aliphatic heterocycles. The summed E-state index contributed by atoms with van der Waals surface area (Å²) in [5, 5.41) is 3.44. The normalized spacial score (nSPS) is 11.1. The fraction of sp³-hybridized carbons (Fsp3) is 0.222. The van der Waals surface area contributed by atoms with Gasteiger partial charge in [-0.1, -0.05) is 18.2 Å². The number of hydrogen-bond acceptors (Lipinski definition) is 2. The highest BCUT2D eigenvalue weighted by Gasteiger charge is 2.27. The van der Waals surface area contributed by atoms with Gasteiger partial charge in [0, 0.05) is 5.69 Å². The van der Waals surface area contributed by atoms with Crippen molar-refractivity contribution < 1.29 is 18.0 Å². The Bertz CT molecular complexity index is 324. The Morgan fingerprint density at radius 1 is 1.20 bits per heavy atom. The monoisotopic (exact) mass is 218 g/mol. The molecule has 0 unspecified atom stereocenters. The van der Waals surface area contributed by atoms with E-state index in [1.165, 1.54) is 0 Å². The third-order valence-corrected chi connectivity index (χ3v) is 1.51. The second kappa shape index (κ2) is 4.79. The molecular formula is C9H9F3N2O. The molecule has 1 aromatic rings. The van der Waals surface area contributed by atoms with E-state index in [0.29, 0.717) is 5.69 Å². The lowest BCUT2D eigenvalue weighted by Gasteiger charge is -2.08. The number of anilines is 1. The number of alkyl halides is 3. The lowest BCUT2D eigenvalue weighted by Crippen LogP contribution is -2.38. The van der Waals surface area contributed by atoms with Gasteiger partial charge in [0.2, 0.25) is 5.91 Å². The molecule has 0 radical (unpaired) electrons. The predicted molar refractivity (Wildman–Crippen MR) is 49.1 cm³/mol. The summed E-state index contributed by atoms with van der Waals surface area (Å²) in [6, 6.07) is 8.26. The van der Waals surface area contributed by atoms with Crippen molar-refractivity contribution in [2.45, 2.75) is 6.30 Å². The number of carbonyl (C=O) groups excluding carboxylic acids is 1. The molecule has 0 atom stereocenters. The van der Waals surface area contributed by atoms with Crippen LogP contribution in [0.5, 0.6) is 0 Å². The molecule has 0 spiro atoms. The molecule has 0 aliphatic carbocycles. The summed E-state index contributed by atoms with van der Waals surface area (Å²) < 4.78 is 35.0. The Morgan fingerprint density at radius 2 is 1.80 bits per heavy atom. The van der Waals surface area contributed by atoms with Gasteiger partial charge in [0.1, 0.15) is 0 Å². The van der Waals surface area contributed by atoms with Crippen molar-refractivity contribution in [3.63, 3.8) is 0 Å². The molecule has 0 saturated heterocycles. The molecular weight excluding hydrogens is 209 g/mol. The summed E-state index contributed by atoms with van der Waals surface area (Å²) in [6.07, 6.45) is -4.53. The minimum atomic E-state index is -4.53. The van der Waals surface area contributed by atoms with Crippen LogP contribution in [0, 0.1) is 0 Å². The first-order valence-corrected chi connectivity index (χ1v) is 4.14. The van der Waals surface area contributed by atoms with Crippen molar-refractivity contribution in [3.8, 4) is 0 Å². The summed E-state index contributed by atoms with van der Waals surface area (Å²) in [5.74, 6) is -0.737. The van der Waals surface area contributed by atoms with Gasteiger partial charge in [0.25, 0.3) is 0 Å². The van der Waals surface area contributed by atoms with Crippen molar-refractivity contribution in [2.75, 3.05) is 11.9 Å². The molecule has 0 heterocycles. The second-order valence-corrected chi connectivity index (χ2v) is 2.77. The highest BCUT2D eigenvalue weighted by atomic mass is 19.4. The van der Waals surface area contributed by atoms with Crippen LogP contribution in [0.1, 0.15) is 0 Å². The van der Waals surface area contributed by atoms with Crippen molar-refractivity contribution in [2.24, 2.45) is 0 Å². The van der Waals surface area contributed by atoms with Crippen LogP contribution in [-0.4, -0.2) is 18.8 Å². The summed E-state index contributed by atoms with van der Waals surface area (Å²) >= 11 is 0. The van der Waals surface area contributed by atoms with Gasteiger partial charge in [-0.25, -0.2) is 5.32 Å². The Morgan fingerprint density at radius 3 is 2.33 bits per heavy atom. The van der Waals surface area contributed by atoms with Gasteiger partial charge in [0.15, 0.2) is 0 Å². The van der Waals surface area contributed by atoms with E-state index in [9.17, 15) is 18.0 Å². The number of hydrogen-bond donors (Lipinski definition) is 2. The molecule has 0 aliphatic rings. The molecule has 1 aromatic carbocycles. The van der Waals surface area contributed by atoms with Gasteiger partial charge >= 0.3 is 6.30 Å². The maximum absolute atomic E-state index is 11.7. The molecule has 0 aromatic heterocycles. The first kappa shape index (κ1) is 11.5. The second-order valence-electron chi connectivity index (χ2n) is 2.77. The zero-order valence-corrected chi connectivity index (χ0v) is 7.64. The molecule has 3 nitrogen and oxygen atoms in total. The Balaban J connectivity index is 2.38. The van der Waals surface area contributed by atoms with E-state index >= 15 is 0 Å². The summed E-state index contributed by atoms with van der Waals surface area (Å²) in [6.45, 7) is -0.793. The molecule has 15 heavy (non-hydrogen) atoms. The van der Waals surface area contributed by atoms with Crippen LogP contribution in [0.25, 0.3) is 0 Å². The fourth-order valence-electron chi connectivity index (χ4n) is 0.907. The van der Waals surface area contributed by atoms with Crippen molar-refractivity contribution in [1.29, 1.82) is 0 Å². The van der Waals surface area contributed by atoms with Crippen LogP contribution in [-0.2, 0) is 4.79 Å². The molecule has 1 rings (SSSR count). The Labute approximate surface area is 84.3 Å².